The molecule has 4 rings (SSSR count). The molecule has 0 aromatic carbocycles. The fraction of sp³-hybridized carbons (Fsp3) is 0.632. The summed E-state index contributed by atoms with van der Waals surface area (Å²) < 4.78 is 1.74. The van der Waals surface area contributed by atoms with Gasteiger partial charge in [0.05, 0.1) is 16.6 Å². The summed E-state index contributed by atoms with van der Waals surface area (Å²) in [5.74, 6) is 1.37. The van der Waals surface area contributed by atoms with Crippen molar-refractivity contribution in [2.75, 3.05) is 6.61 Å². The van der Waals surface area contributed by atoms with E-state index in [1.807, 2.05) is 27.0 Å². The topological polar surface area (TPSA) is 80.0 Å². The van der Waals surface area contributed by atoms with E-state index in [1.54, 1.807) is 4.68 Å². The molecule has 1 amide bonds. The van der Waals surface area contributed by atoms with Gasteiger partial charge >= 0.3 is 0 Å². The zero-order chi connectivity index (χ0) is 17.7. The number of carbonyl (C=O) groups is 1. The third-order valence-electron chi connectivity index (χ3n) is 6.09. The van der Waals surface area contributed by atoms with Crippen LogP contribution >= 0.6 is 0 Å². The van der Waals surface area contributed by atoms with Crippen LogP contribution in [0.1, 0.15) is 47.4 Å². The number of aryl methyl sites for hydroxylation is 3. The Kier molecular flexibility index (Phi) is 4.02. The van der Waals surface area contributed by atoms with Crippen molar-refractivity contribution in [3.05, 3.63) is 23.0 Å². The Hall–Kier alpha value is -1.95. The van der Waals surface area contributed by atoms with Crippen LogP contribution in [0.25, 0.3) is 11.0 Å². The van der Waals surface area contributed by atoms with Crippen molar-refractivity contribution in [1.29, 1.82) is 0 Å². The second kappa shape index (κ2) is 6.09. The van der Waals surface area contributed by atoms with Crippen molar-refractivity contribution in [1.82, 2.24) is 20.1 Å². The first-order valence-corrected chi connectivity index (χ1v) is 9.20. The predicted molar refractivity (Wildman–Crippen MR) is 95.3 cm³/mol. The quantitative estimate of drug-likeness (QED) is 0.895. The Balaban J connectivity index is 1.63. The van der Waals surface area contributed by atoms with Crippen LogP contribution in [0.5, 0.6) is 0 Å². The van der Waals surface area contributed by atoms with E-state index in [-0.39, 0.29) is 18.6 Å². The molecule has 2 bridgehead atoms. The molecule has 2 aliphatic rings. The van der Waals surface area contributed by atoms with Crippen LogP contribution in [0, 0.1) is 31.6 Å². The van der Waals surface area contributed by atoms with Gasteiger partial charge < -0.3 is 10.4 Å². The number of nitrogens with zero attached hydrogens (tertiary/aromatic N) is 3. The number of pyridine rings is 1. The van der Waals surface area contributed by atoms with Crippen LogP contribution in [0.2, 0.25) is 0 Å². The van der Waals surface area contributed by atoms with Crippen molar-refractivity contribution < 1.29 is 9.90 Å². The standard InChI is InChI=1S/C19H26N4O2/c1-10-6-15(16-11(2)22-23(3)18(16)20-10)19(25)21-17-13-4-5-14(17)8-12(7-13)9-24/h6,12-14,17,24H,4-5,7-9H2,1-3H3,(H,21,25)/t12?,13-,14+,17?. The Morgan fingerprint density at radius 2 is 2.00 bits per heavy atom. The molecule has 0 aliphatic heterocycles. The number of nitrogens with one attached hydrogen (secondary N) is 1. The summed E-state index contributed by atoms with van der Waals surface area (Å²) >= 11 is 0. The van der Waals surface area contributed by atoms with Gasteiger partial charge in [-0.05, 0) is 63.4 Å². The average Bonchev–Trinajstić information content (AvgIpc) is 2.98. The van der Waals surface area contributed by atoms with E-state index in [2.05, 4.69) is 15.4 Å². The summed E-state index contributed by atoms with van der Waals surface area (Å²) in [5, 5.41) is 18.1. The van der Waals surface area contributed by atoms with E-state index in [4.69, 9.17) is 0 Å². The van der Waals surface area contributed by atoms with E-state index in [9.17, 15) is 9.90 Å². The van der Waals surface area contributed by atoms with E-state index >= 15 is 0 Å². The second-order valence-electron chi connectivity index (χ2n) is 7.84. The Bertz CT molecular complexity index is 814. The molecule has 2 saturated carbocycles. The summed E-state index contributed by atoms with van der Waals surface area (Å²) in [5.41, 5.74) is 3.10. The summed E-state index contributed by atoms with van der Waals surface area (Å²) in [7, 11) is 1.86. The highest BCUT2D eigenvalue weighted by atomic mass is 16.3. The zero-order valence-corrected chi connectivity index (χ0v) is 15.1. The number of aliphatic hydroxyl groups is 1. The van der Waals surface area contributed by atoms with Crippen LogP contribution in [0.15, 0.2) is 6.07 Å². The average molecular weight is 342 g/mol. The normalized spacial score (nSPS) is 28.5. The summed E-state index contributed by atoms with van der Waals surface area (Å²) in [6, 6.07) is 2.10. The largest absolute Gasteiger partial charge is 0.396 e. The second-order valence-corrected chi connectivity index (χ2v) is 7.84. The van der Waals surface area contributed by atoms with E-state index in [0.717, 1.165) is 48.1 Å². The van der Waals surface area contributed by atoms with Gasteiger partial charge in [-0.1, -0.05) is 0 Å². The van der Waals surface area contributed by atoms with Crippen LogP contribution in [0.3, 0.4) is 0 Å². The molecule has 2 aliphatic carbocycles. The number of fused-ring (bicyclic) bond motifs is 3. The van der Waals surface area contributed by atoms with Crippen molar-refractivity contribution in [2.45, 2.75) is 45.6 Å². The molecule has 0 saturated heterocycles. The number of hydrogen-bond donors (Lipinski definition) is 2. The number of amides is 1. The van der Waals surface area contributed by atoms with Gasteiger partial charge in [0.1, 0.15) is 0 Å². The Labute approximate surface area is 147 Å². The van der Waals surface area contributed by atoms with E-state index in [1.165, 1.54) is 0 Å². The highest BCUT2D eigenvalue weighted by Gasteiger charge is 2.43. The summed E-state index contributed by atoms with van der Waals surface area (Å²) in [6.45, 7) is 4.10. The minimum Gasteiger partial charge on any atom is -0.396 e. The lowest BCUT2D eigenvalue weighted by molar-refractivity contribution is 0.0850. The van der Waals surface area contributed by atoms with Gasteiger partial charge in [0.2, 0.25) is 0 Å². The van der Waals surface area contributed by atoms with Gasteiger partial charge in [-0.2, -0.15) is 5.10 Å². The lowest BCUT2D eigenvalue weighted by Crippen LogP contribution is -2.45. The van der Waals surface area contributed by atoms with Crippen LogP contribution in [0.4, 0.5) is 0 Å². The Morgan fingerprint density at radius 1 is 1.32 bits per heavy atom. The lowest BCUT2D eigenvalue weighted by Gasteiger charge is -2.35. The molecular formula is C19H26N4O2. The number of carbonyl (C=O) groups excluding carboxylic acids is 1. The molecule has 2 heterocycles. The van der Waals surface area contributed by atoms with Crippen molar-refractivity contribution in [3.63, 3.8) is 0 Å². The first-order valence-electron chi connectivity index (χ1n) is 9.20. The number of aromatic nitrogens is 3. The number of aliphatic hydroxyl groups excluding tert-OH is 1. The SMILES string of the molecule is Cc1cc(C(=O)NC2[C@@H]3CC[C@H]2CC(CO)C3)c2c(C)nn(C)c2n1. The first-order chi connectivity index (χ1) is 12.0. The third kappa shape index (κ3) is 2.72. The van der Waals surface area contributed by atoms with Crippen molar-refractivity contribution in [3.8, 4) is 0 Å². The van der Waals surface area contributed by atoms with Gasteiger partial charge in [0.25, 0.3) is 5.91 Å². The summed E-state index contributed by atoms with van der Waals surface area (Å²) in [4.78, 5) is 17.6. The van der Waals surface area contributed by atoms with Crippen LogP contribution < -0.4 is 5.32 Å². The molecule has 2 fully saturated rings. The molecule has 0 spiro atoms. The maximum Gasteiger partial charge on any atom is 0.252 e. The molecule has 2 N–H and O–H groups in total. The summed E-state index contributed by atoms with van der Waals surface area (Å²) in [6.07, 6.45) is 4.36. The van der Waals surface area contributed by atoms with Gasteiger partial charge in [0.15, 0.2) is 5.65 Å². The lowest BCUT2D eigenvalue weighted by atomic mass is 9.77. The zero-order valence-electron chi connectivity index (χ0n) is 15.1. The molecular weight excluding hydrogens is 316 g/mol. The maximum absolute atomic E-state index is 13.1. The Morgan fingerprint density at radius 3 is 2.64 bits per heavy atom. The molecule has 6 heteroatoms. The van der Waals surface area contributed by atoms with E-state index < -0.39 is 0 Å². The predicted octanol–water partition coefficient (Wildman–Crippen LogP) is 2.11. The molecule has 0 radical (unpaired) electrons. The van der Waals surface area contributed by atoms with E-state index in [0.29, 0.717) is 23.3 Å². The molecule has 2 unspecified atom stereocenters. The van der Waals surface area contributed by atoms with Crippen LogP contribution in [-0.2, 0) is 7.05 Å². The van der Waals surface area contributed by atoms with Gasteiger partial charge in [0, 0.05) is 25.4 Å². The molecule has 6 nitrogen and oxygen atoms in total. The third-order valence-corrected chi connectivity index (χ3v) is 6.09. The van der Waals surface area contributed by atoms with Gasteiger partial charge in [-0.15, -0.1) is 0 Å². The first kappa shape index (κ1) is 16.5. The molecule has 25 heavy (non-hydrogen) atoms. The number of hydrogen-bond acceptors (Lipinski definition) is 4. The van der Waals surface area contributed by atoms with Gasteiger partial charge in [-0.25, -0.2) is 4.98 Å². The van der Waals surface area contributed by atoms with Gasteiger partial charge in [-0.3, -0.25) is 9.48 Å². The molecule has 134 valence electrons. The van der Waals surface area contributed by atoms with Crippen LogP contribution in [-0.4, -0.2) is 38.4 Å². The highest BCUT2D eigenvalue weighted by Crippen LogP contribution is 2.44. The fourth-order valence-electron chi connectivity index (χ4n) is 5.02. The minimum absolute atomic E-state index is 0.0176. The smallest absolute Gasteiger partial charge is 0.252 e. The highest BCUT2D eigenvalue weighted by molar-refractivity contribution is 6.06. The minimum atomic E-state index is -0.0176. The fourth-order valence-corrected chi connectivity index (χ4v) is 5.02. The molecule has 2 aromatic heterocycles. The monoisotopic (exact) mass is 342 g/mol. The van der Waals surface area contributed by atoms with Crippen molar-refractivity contribution >= 4 is 16.9 Å². The molecule has 2 aromatic rings. The maximum atomic E-state index is 13.1. The van der Waals surface area contributed by atoms with Crippen molar-refractivity contribution in [2.24, 2.45) is 24.8 Å². The molecule has 4 atom stereocenters. The number of rotatable bonds is 3.